The lowest BCUT2D eigenvalue weighted by atomic mass is 10.2. The van der Waals surface area contributed by atoms with Crippen LogP contribution in [0, 0.1) is 5.82 Å². The van der Waals surface area contributed by atoms with E-state index in [1.54, 1.807) is 20.8 Å². The first-order valence-corrected chi connectivity index (χ1v) is 6.74. The van der Waals surface area contributed by atoms with Gasteiger partial charge in [-0.1, -0.05) is 0 Å². The highest BCUT2D eigenvalue weighted by Gasteiger charge is 2.17. The third kappa shape index (κ3) is 4.29. The maximum Gasteiger partial charge on any atom is 0.412 e. The third-order valence-corrected chi connectivity index (χ3v) is 2.65. The second-order valence-corrected chi connectivity index (χ2v) is 5.74. The summed E-state index contributed by atoms with van der Waals surface area (Å²) < 4.78 is 20.3. The SMILES string of the molecule is CC(C)(C)OC(=O)Nc1ccc(-n2ccc(C(=O)O)n2)c(F)c1. The number of carboxylic acid groups (broad SMARTS) is 1. The summed E-state index contributed by atoms with van der Waals surface area (Å²) in [7, 11) is 0. The fraction of sp³-hybridized carbons (Fsp3) is 0.267. The zero-order valence-corrected chi connectivity index (χ0v) is 12.8. The highest BCUT2D eigenvalue weighted by Crippen LogP contribution is 2.19. The van der Waals surface area contributed by atoms with Crippen molar-refractivity contribution in [3.8, 4) is 5.69 Å². The fourth-order valence-corrected chi connectivity index (χ4v) is 1.76. The monoisotopic (exact) mass is 321 g/mol. The van der Waals surface area contributed by atoms with E-state index in [0.29, 0.717) is 0 Å². The first-order valence-electron chi connectivity index (χ1n) is 6.74. The molecule has 0 saturated heterocycles. The molecule has 7 nitrogen and oxygen atoms in total. The molecule has 0 fully saturated rings. The predicted octanol–water partition coefficient (Wildman–Crippen LogP) is 3.06. The topological polar surface area (TPSA) is 93.5 Å². The van der Waals surface area contributed by atoms with Crippen LogP contribution in [0.3, 0.4) is 0 Å². The number of aromatic carboxylic acids is 1. The lowest BCUT2D eigenvalue weighted by Crippen LogP contribution is -2.27. The Balaban J connectivity index is 2.17. The molecule has 23 heavy (non-hydrogen) atoms. The summed E-state index contributed by atoms with van der Waals surface area (Å²) in [6.07, 6.45) is 0.639. The van der Waals surface area contributed by atoms with Crippen LogP contribution in [0.15, 0.2) is 30.5 Å². The third-order valence-electron chi connectivity index (χ3n) is 2.65. The van der Waals surface area contributed by atoms with Gasteiger partial charge in [0.25, 0.3) is 0 Å². The summed E-state index contributed by atoms with van der Waals surface area (Å²) in [4.78, 5) is 22.4. The van der Waals surface area contributed by atoms with Gasteiger partial charge in [-0.15, -0.1) is 0 Å². The minimum Gasteiger partial charge on any atom is -0.476 e. The average Bonchev–Trinajstić information content (AvgIpc) is 2.85. The number of carbonyl (C=O) groups excluding carboxylic acids is 1. The van der Waals surface area contributed by atoms with Gasteiger partial charge in [0.05, 0.1) is 0 Å². The summed E-state index contributed by atoms with van der Waals surface area (Å²) in [6, 6.07) is 5.20. The number of nitrogens with zero attached hydrogens (tertiary/aromatic N) is 2. The maximum atomic E-state index is 14.1. The van der Waals surface area contributed by atoms with E-state index in [1.165, 1.54) is 24.4 Å². The number of aromatic nitrogens is 2. The molecule has 1 aromatic heterocycles. The van der Waals surface area contributed by atoms with Gasteiger partial charge in [-0.3, -0.25) is 5.32 Å². The van der Waals surface area contributed by atoms with Crippen LogP contribution >= 0.6 is 0 Å². The van der Waals surface area contributed by atoms with Gasteiger partial charge >= 0.3 is 12.1 Å². The largest absolute Gasteiger partial charge is 0.476 e. The van der Waals surface area contributed by atoms with Crippen LogP contribution in [0.25, 0.3) is 5.69 Å². The zero-order valence-electron chi connectivity index (χ0n) is 12.8. The van der Waals surface area contributed by atoms with E-state index in [2.05, 4.69) is 10.4 Å². The smallest absolute Gasteiger partial charge is 0.412 e. The number of nitrogens with one attached hydrogen (secondary N) is 1. The Bertz CT molecular complexity index is 749. The molecule has 2 N–H and O–H groups in total. The fourth-order valence-electron chi connectivity index (χ4n) is 1.76. The Morgan fingerprint density at radius 2 is 2.00 bits per heavy atom. The molecule has 122 valence electrons. The number of amides is 1. The molecule has 0 atom stereocenters. The number of anilines is 1. The van der Waals surface area contributed by atoms with Crippen LogP contribution in [0.5, 0.6) is 0 Å². The molecule has 2 aromatic rings. The molecule has 0 aliphatic carbocycles. The van der Waals surface area contributed by atoms with Crippen LogP contribution < -0.4 is 5.32 Å². The number of halogens is 1. The molecule has 8 heteroatoms. The van der Waals surface area contributed by atoms with Gasteiger partial charge in [0, 0.05) is 11.9 Å². The Morgan fingerprint density at radius 3 is 2.52 bits per heavy atom. The van der Waals surface area contributed by atoms with E-state index in [1.807, 2.05) is 0 Å². The van der Waals surface area contributed by atoms with Crippen molar-refractivity contribution in [1.82, 2.24) is 9.78 Å². The number of carbonyl (C=O) groups is 2. The van der Waals surface area contributed by atoms with Crippen LogP contribution in [0.1, 0.15) is 31.3 Å². The molecule has 1 heterocycles. The number of benzene rings is 1. The number of hydrogen-bond acceptors (Lipinski definition) is 4. The number of rotatable bonds is 3. The lowest BCUT2D eigenvalue weighted by Gasteiger charge is -2.19. The number of carboxylic acids is 1. The molecule has 0 spiro atoms. The van der Waals surface area contributed by atoms with Crippen LogP contribution in [0.4, 0.5) is 14.9 Å². The van der Waals surface area contributed by atoms with Gasteiger partial charge in [-0.2, -0.15) is 5.10 Å². The minimum atomic E-state index is -1.20. The predicted molar refractivity (Wildman–Crippen MR) is 80.3 cm³/mol. The van der Waals surface area contributed by atoms with E-state index in [0.717, 1.165) is 10.7 Å². The second-order valence-electron chi connectivity index (χ2n) is 5.74. The second kappa shape index (κ2) is 6.07. The molecular weight excluding hydrogens is 305 g/mol. The van der Waals surface area contributed by atoms with E-state index in [4.69, 9.17) is 9.84 Å². The summed E-state index contributed by atoms with van der Waals surface area (Å²) in [5.41, 5.74) is -0.580. The average molecular weight is 321 g/mol. The first kappa shape index (κ1) is 16.5. The van der Waals surface area contributed by atoms with E-state index in [9.17, 15) is 14.0 Å². The first-order chi connectivity index (χ1) is 10.7. The van der Waals surface area contributed by atoms with Crippen LogP contribution in [0.2, 0.25) is 0 Å². The van der Waals surface area contributed by atoms with Crippen molar-refractivity contribution in [1.29, 1.82) is 0 Å². The summed E-state index contributed by atoms with van der Waals surface area (Å²) >= 11 is 0. The Hall–Kier alpha value is -2.90. The molecule has 0 bridgehead atoms. The van der Waals surface area contributed by atoms with Crippen molar-refractivity contribution in [3.63, 3.8) is 0 Å². The van der Waals surface area contributed by atoms with Crippen LogP contribution in [-0.2, 0) is 4.74 Å². The standard InChI is InChI=1S/C15H16FN3O4/c1-15(2,3)23-14(22)17-9-4-5-12(10(16)8-9)19-7-6-11(18-19)13(20)21/h4-8H,1-3H3,(H,17,22)(H,20,21). The van der Waals surface area contributed by atoms with Crippen molar-refractivity contribution < 1.29 is 23.8 Å². The van der Waals surface area contributed by atoms with Crippen molar-refractivity contribution in [2.75, 3.05) is 5.32 Å². The molecule has 1 amide bonds. The molecule has 1 aromatic carbocycles. The van der Waals surface area contributed by atoms with Crippen molar-refractivity contribution >= 4 is 17.7 Å². The highest BCUT2D eigenvalue weighted by atomic mass is 19.1. The summed E-state index contributed by atoms with van der Waals surface area (Å²) in [5.74, 6) is -1.87. The summed E-state index contributed by atoms with van der Waals surface area (Å²) in [5, 5.41) is 15.0. The molecule has 0 aliphatic rings. The van der Waals surface area contributed by atoms with Gasteiger partial charge in [0.1, 0.15) is 11.3 Å². The Morgan fingerprint density at radius 1 is 1.30 bits per heavy atom. The van der Waals surface area contributed by atoms with Crippen molar-refractivity contribution in [2.45, 2.75) is 26.4 Å². The molecule has 0 radical (unpaired) electrons. The van der Waals surface area contributed by atoms with Crippen molar-refractivity contribution in [3.05, 3.63) is 42.0 Å². The quantitative estimate of drug-likeness (QED) is 0.906. The zero-order chi connectivity index (χ0) is 17.2. The number of hydrogen-bond donors (Lipinski definition) is 2. The van der Waals surface area contributed by atoms with Gasteiger partial charge < -0.3 is 9.84 Å². The van der Waals surface area contributed by atoms with E-state index in [-0.39, 0.29) is 17.1 Å². The minimum absolute atomic E-state index is 0.0623. The van der Waals surface area contributed by atoms with Gasteiger partial charge in [-0.25, -0.2) is 18.7 Å². The number of ether oxygens (including phenoxy) is 1. The lowest BCUT2D eigenvalue weighted by molar-refractivity contribution is 0.0633. The highest BCUT2D eigenvalue weighted by molar-refractivity contribution is 5.85. The molecular formula is C15H16FN3O4. The molecule has 0 unspecified atom stereocenters. The normalized spacial score (nSPS) is 11.1. The van der Waals surface area contributed by atoms with Crippen LogP contribution in [-0.4, -0.2) is 32.6 Å². The summed E-state index contributed by atoms with van der Waals surface area (Å²) in [6.45, 7) is 5.15. The van der Waals surface area contributed by atoms with Gasteiger partial charge in [-0.05, 0) is 45.0 Å². The maximum absolute atomic E-state index is 14.1. The molecule has 0 aliphatic heterocycles. The molecule has 0 saturated carbocycles. The molecule has 2 rings (SSSR count). The van der Waals surface area contributed by atoms with E-state index < -0.39 is 23.5 Å². The Kier molecular flexibility index (Phi) is 4.35. The van der Waals surface area contributed by atoms with Gasteiger partial charge in [0.15, 0.2) is 11.5 Å². The van der Waals surface area contributed by atoms with Gasteiger partial charge in [0.2, 0.25) is 0 Å². The van der Waals surface area contributed by atoms with E-state index >= 15 is 0 Å². The Labute approximate surface area is 131 Å². The van der Waals surface area contributed by atoms with Crippen molar-refractivity contribution in [2.24, 2.45) is 0 Å².